The summed E-state index contributed by atoms with van der Waals surface area (Å²) >= 11 is 1.76. The first kappa shape index (κ1) is 12.0. The van der Waals surface area contributed by atoms with Crippen molar-refractivity contribution in [2.75, 3.05) is 6.54 Å². The van der Waals surface area contributed by atoms with Gasteiger partial charge in [0.2, 0.25) is 0 Å². The second-order valence-corrected chi connectivity index (χ2v) is 5.65. The van der Waals surface area contributed by atoms with Gasteiger partial charge in [-0.1, -0.05) is 6.42 Å². The van der Waals surface area contributed by atoms with Crippen LogP contribution in [0.3, 0.4) is 0 Å². The number of rotatable bonds is 4. The Bertz CT molecular complexity index is 324. The van der Waals surface area contributed by atoms with Gasteiger partial charge in [-0.2, -0.15) is 0 Å². The summed E-state index contributed by atoms with van der Waals surface area (Å²) in [6, 6.07) is 1.04. The van der Waals surface area contributed by atoms with Crippen molar-refractivity contribution in [1.29, 1.82) is 0 Å². The Kier molecular flexibility index (Phi) is 4.32. The summed E-state index contributed by atoms with van der Waals surface area (Å²) in [5, 5.41) is 6.95. The first-order valence-corrected chi connectivity index (χ1v) is 7.02. The van der Waals surface area contributed by atoms with Gasteiger partial charge < -0.3 is 11.1 Å². The van der Waals surface area contributed by atoms with E-state index in [2.05, 4.69) is 15.7 Å². The lowest BCUT2D eigenvalue weighted by Gasteiger charge is -2.27. The molecule has 1 aliphatic rings. The van der Waals surface area contributed by atoms with Crippen molar-refractivity contribution in [3.63, 3.8) is 0 Å². The zero-order valence-corrected chi connectivity index (χ0v) is 10.7. The quantitative estimate of drug-likeness (QED) is 0.843. The van der Waals surface area contributed by atoms with Gasteiger partial charge in [-0.3, -0.25) is 0 Å². The Balaban J connectivity index is 1.67. The number of hydrogen-bond donors (Lipinski definition) is 2. The van der Waals surface area contributed by atoms with Gasteiger partial charge in [0.1, 0.15) is 0 Å². The van der Waals surface area contributed by atoms with E-state index >= 15 is 0 Å². The van der Waals surface area contributed by atoms with E-state index in [1.165, 1.54) is 24.3 Å². The number of aromatic nitrogens is 1. The number of nitrogens with zero attached hydrogens (tertiary/aromatic N) is 1. The van der Waals surface area contributed by atoms with Gasteiger partial charge in [0.25, 0.3) is 0 Å². The summed E-state index contributed by atoms with van der Waals surface area (Å²) in [6.07, 6.45) is 5.94. The van der Waals surface area contributed by atoms with Crippen LogP contribution in [-0.4, -0.2) is 23.6 Å². The zero-order chi connectivity index (χ0) is 11.4. The fourth-order valence-electron chi connectivity index (χ4n) is 2.31. The molecule has 3 N–H and O–H groups in total. The van der Waals surface area contributed by atoms with Gasteiger partial charge in [0, 0.05) is 36.1 Å². The third-order valence-electron chi connectivity index (χ3n) is 3.15. The van der Waals surface area contributed by atoms with Crippen LogP contribution in [0.15, 0.2) is 5.38 Å². The minimum absolute atomic E-state index is 0.411. The predicted octanol–water partition coefficient (Wildman–Crippen LogP) is 1.85. The maximum Gasteiger partial charge on any atom is 0.0940 e. The molecule has 0 saturated heterocycles. The highest BCUT2D eigenvalue weighted by atomic mass is 32.1. The molecule has 0 aromatic carbocycles. The lowest BCUT2D eigenvalue weighted by molar-refractivity contribution is 0.341. The van der Waals surface area contributed by atoms with Crippen LogP contribution in [0.1, 0.15) is 36.4 Å². The van der Waals surface area contributed by atoms with Crippen LogP contribution in [0.2, 0.25) is 0 Å². The maximum absolute atomic E-state index is 5.96. The molecule has 1 heterocycles. The molecule has 1 aromatic rings. The summed E-state index contributed by atoms with van der Waals surface area (Å²) in [6.45, 7) is 3.08. The van der Waals surface area contributed by atoms with Crippen LogP contribution in [0.5, 0.6) is 0 Å². The number of nitrogens with two attached hydrogens (primary N) is 1. The largest absolute Gasteiger partial charge is 0.328 e. The third kappa shape index (κ3) is 3.54. The molecule has 0 spiro atoms. The molecular formula is C12H21N3S. The average molecular weight is 239 g/mol. The van der Waals surface area contributed by atoms with E-state index in [0.717, 1.165) is 25.1 Å². The summed E-state index contributed by atoms with van der Waals surface area (Å²) in [5.41, 5.74) is 7.10. The minimum atomic E-state index is 0.411. The number of nitrogens with one attached hydrogen (secondary N) is 1. The third-order valence-corrected chi connectivity index (χ3v) is 4.18. The van der Waals surface area contributed by atoms with E-state index in [9.17, 15) is 0 Å². The van der Waals surface area contributed by atoms with E-state index < -0.39 is 0 Å². The molecule has 1 saturated carbocycles. The lowest BCUT2D eigenvalue weighted by atomic mass is 9.91. The molecule has 2 unspecified atom stereocenters. The van der Waals surface area contributed by atoms with Gasteiger partial charge in [-0.25, -0.2) is 4.98 Å². The van der Waals surface area contributed by atoms with Gasteiger partial charge in [0.15, 0.2) is 0 Å². The molecule has 2 atom stereocenters. The van der Waals surface area contributed by atoms with Crippen molar-refractivity contribution >= 4 is 11.3 Å². The van der Waals surface area contributed by atoms with Crippen molar-refractivity contribution in [3.8, 4) is 0 Å². The summed E-state index contributed by atoms with van der Waals surface area (Å²) in [7, 11) is 0. The summed E-state index contributed by atoms with van der Waals surface area (Å²) in [5.74, 6) is 0. The van der Waals surface area contributed by atoms with Crippen molar-refractivity contribution in [2.45, 2.75) is 51.1 Å². The topological polar surface area (TPSA) is 50.9 Å². The van der Waals surface area contributed by atoms with Crippen molar-refractivity contribution in [2.24, 2.45) is 5.73 Å². The molecule has 90 valence electrons. The average Bonchev–Trinajstić information content (AvgIpc) is 2.64. The van der Waals surface area contributed by atoms with Crippen molar-refractivity contribution in [3.05, 3.63) is 16.1 Å². The Morgan fingerprint density at radius 1 is 1.56 bits per heavy atom. The number of aryl methyl sites for hydroxylation is 1. The molecule has 16 heavy (non-hydrogen) atoms. The highest BCUT2D eigenvalue weighted by Gasteiger charge is 2.18. The highest BCUT2D eigenvalue weighted by molar-refractivity contribution is 7.09. The normalized spacial score (nSPS) is 25.9. The molecule has 1 aromatic heterocycles. The molecule has 3 nitrogen and oxygen atoms in total. The molecule has 0 radical (unpaired) electrons. The van der Waals surface area contributed by atoms with Gasteiger partial charge >= 0.3 is 0 Å². The van der Waals surface area contributed by atoms with Crippen LogP contribution >= 0.6 is 11.3 Å². The lowest BCUT2D eigenvalue weighted by Crippen LogP contribution is -2.40. The van der Waals surface area contributed by atoms with Crippen molar-refractivity contribution < 1.29 is 0 Å². The standard InChI is InChI=1S/C12H21N3S/c1-9-8-16-12(15-9)5-6-14-11-4-2-3-10(13)7-11/h8,10-11,14H,2-7,13H2,1H3. The van der Waals surface area contributed by atoms with Gasteiger partial charge in [-0.05, 0) is 26.2 Å². The number of hydrogen-bond acceptors (Lipinski definition) is 4. The fraction of sp³-hybridized carbons (Fsp3) is 0.750. The van der Waals surface area contributed by atoms with Crippen LogP contribution in [0, 0.1) is 6.92 Å². The maximum atomic E-state index is 5.96. The van der Waals surface area contributed by atoms with Gasteiger partial charge in [-0.15, -0.1) is 11.3 Å². The fourth-order valence-corrected chi connectivity index (χ4v) is 3.09. The molecule has 4 heteroatoms. The molecule has 2 rings (SSSR count). The Morgan fingerprint density at radius 3 is 3.12 bits per heavy atom. The van der Waals surface area contributed by atoms with E-state index in [1.807, 2.05) is 6.92 Å². The highest BCUT2D eigenvalue weighted by Crippen LogP contribution is 2.17. The SMILES string of the molecule is Cc1csc(CCNC2CCCC(N)C2)n1. The Labute approximate surface area is 101 Å². The van der Waals surface area contributed by atoms with E-state index in [-0.39, 0.29) is 0 Å². The van der Waals surface area contributed by atoms with Gasteiger partial charge in [0.05, 0.1) is 5.01 Å². The molecule has 0 amide bonds. The molecule has 1 fully saturated rings. The van der Waals surface area contributed by atoms with E-state index in [1.54, 1.807) is 11.3 Å². The summed E-state index contributed by atoms with van der Waals surface area (Å²) in [4.78, 5) is 4.46. The predicted molar refractivity (Wildman–Crippen MR) is 68.8 cm³/mol. The van der Waals surface area contributed by atoms with Crippen LogP contribution < -0.4 is 11.1 Å². The minimum Gasteiger partial charge on any atom is -0.328 e. The zero-order valence-electron chi connectivity index (χ0n) is 9.91. The molecule has 0 bridgehead atoms. The summed E-state index contributed by atoms with van der Waals surface area (Å²) < 4.78 is 0. The van der Waals surface area contributed by atoms with Crippen molar-refractivity contribution in [1.82, 2.24) is 10.3 Å². The van der Waals surface area contributed by atoms with E-state index in [4.69, 9.17) is 5.73 Å². The smallest absolute Gasteiger partial charge is 0.0940 e. The molecule has 0 aliphatic heterocycles. The second-order valence-electron chi connectivity index (χ2n) is 4.71. The molecule has 1 aliphatic carbocycles. The van der Waals surface area contributed by atoms with Crippen LogP contribution in [0.4, 0.5) is 0 Å². The number of thiazole rings is 1. The monoisotopic (exact) mass is 239 g/mol. The first-order chi connectivity index (χ1) is 7.74. The Morgan fingerprint density at radius 2 is 2.44 bits per heavy atom. The molecular weight excluding hydrogens is 218 g/mol. The van der Waals surface area contributed by atoms with Crippen LogP contribution in [0.25, 0.3) is 0 Å². The van der Waals surface area contributed by atoms with Crippen LogP contribution in [-0.2, 0) is 6.42 Å². The van der Waals surface area contributed by atoms with E-state index in [0.29, 0.717) is 12.1 Å². The first-order valence-electron chi connectivity index (χ1n) is 6.14. The second kappa shape index (κ2) is 5.75. The Hall–Kier alpha value is -0.450.